The molecule has 7 heteroatoms. The van der Waals surface area contributed by atoms with Gasteiger partial charge in [-0.2, -0.15) is 0 Å². The lowest BCUT2D eigenvalue weighted by Gasteiger charge is -2.24. The molecule has 4 aromatic rings. The molecule has 0 unspecified atom stereocenters. The lowest BCUT2D eigenvalue weighted by molar-refractivity contribution is -0.126. The molecule has 2 N–H and O–H groups in total. The molecule has 0 saturated carbocycles. The van der Waals surface area contributed by atoms with Crippen LogP contribution < -0.4 is 10.6 Å². The average molecular weight is 534 g/mol. The largest absolute Gasteiger partial charge is 0.438 e. The first kappa shape index (κ1) is 26.7. The number of rotatable bonds is 9. The third-order valence-electron chi connectivity index (χ3n) is 6.84. The van der Waals surface area contributed by atoms with Gasteiger partial charge in [-0.05, 0) is 41.3 Å². The van der Waals surface area contributed by atoms with Gasteiger partial charge in [-0.1, -0.05) is 103 Å². The van der Waals surface area contributed by atoms with Gasteiger partial charge in [0.2, 0.25) is 11.8 Å². The fourth-order valence-corrected chi connectivity index (χ4v) is 4.77. The molecule has 0 bridgehead atoms. The third-order valence-corrected chi connectivity index (χ3v) is 6.84. The average Bonchev–Trinajstić information content (AvgIpc) is 3.29. The molecule has 0 aromatic heterocycles. The van der Waals surface area contributed by atoms with E-state index in [2.05, 4.69) is 10.6 Å². The molecule has 40 heavy (non-hydrogen) atoms. The molecule has 7 nitrogen and oxygen atoms in total. The van der Waals surface area contributed by atoms with Crippen molar-refractivity contribution < 1.29 is 19.1 Å². The van der Waals surface area contributed by atoms with Crippen molar-refractivity contribution in [2.24, 2.45) is 0 Å². The number of anilines is 1. The van der Waals surface area contributed by atoms with Crippen molar-refractivity contribution in [1.82, 2.24) is 10.2 Å². The normalized spacial score (nSPS) is 16.3. The minimum absolute atomic E-state index is 0.162. The van der Waals surface area contributed by atoms with E-state index in [9.17, 15) is 14.4 Å². The Hall–Kier alpha value is -4.91. The molecule has 1 saturated heterocycles. The van der Waals surface area contributed by atoms with Crippen molar-refractivity contribution in [3.63, 3.8) is 0 Å². The summed E-state index contributed by atoms with van der Waals surface area (Å²) in [5.41, 5.74) is 5.04. The summed E-state index contributed by atoms with van der Waals surface area (Å²) in [5.74, 6) is -0.477. The van der Waals surface area contributed by atoms with Crippen LogP contribution in [0.5, 0.6) is 0 Å². The fraction of sp³-hybridized carbons (Fsp3) is 0.182. The summed E-state index contributed by atoms with van der Waals surface area (Å²) in [4.78, 5) is 40.9. The molecule has 4 aromatic carbocycles. The van der Waals surface area contributed by atoms with Crippen LogP contribution in [0.15, 0.2) is 109 Å². The van der Waals surface area contributed by atoms with Crippen LogP contribution in [0.2, 0.25) is 0 Å². The van der Waals surface area contributed by atoms with E-state index in [1.807, 2.05) is 91.9 Å². The van der Waals surface area contributed by atoms with Crippen LogP contribution in [0.1, 0.15) is 33.9 Å². The second-order valence-corrected chi connectivity index (χ2v) is 9.90. The summed E-state index contributed by atoms with van der Waals surface area (Å²) in [6.07, 6.45) is -1.18. The number of carbonyl (C=O) groups excluding carboxylic acids is 3. The van der Waals surface area contributed by atoms with Gasteiger partial charge < -0.3 is 15.4 Å². The van der Waals surface area contributed by atoms with Gasteiger partial charge in [-0.25, -0.2) is 4.79 Å². The van der Waals surface area contributed by atoms with Gasteiger partial charge in [-0.15, -0.1) is 0 Å². The number of nitrogens with one attached hydrogen (secondary N) is 2. The third kappa shape index (κ3) is 6.56. The van der Waals surface area contributed by atoms with Crippen LogP contribution in [0.25, 0.3) is 0 Å². The van der Waals surface area contributed by atoms with E-state index in [-0.39, 0.29) is 24.8 Å². The molecule has 1 fully saturated rings. The first-order valence-corrected chi connectivity index (χ1v) is 13.2. The molecule has 0 spiro atoms. The SMILES string of the molecule is Cc1ccc(CN2C(=O)O[C@@H](c3cccc(NC(=O)Cc4ccccc4)c3)[C@H]2C(=O)NCc2ccccc2)cc1. The Morgan fingerprint density at radius 3 is 2.17 bits per heavy atom. The number of cyclic esters (lactones) is 1. The first-order valence-electron chi connectivity index (χ1n) is 13.2. The standard InChI is InChI=1S/C33H31N3O4/c1-23-15-17-26(18-16-23)22-36-30(32(38)34-21-25-11-6-3-7-12-25)31(40-33(36)39)27-13-8-14-28(20-27)35-29(37)19-24-9-4-2-5-10-24/h2-18,20,30-31H,19,21-22H2,1H3,(H,34,38)(H,35,37)/t30-,31-/m0/s1. The summed E-state index contributed by atoms with van der Waals surface area (Å²) in [6.45, 7) is 2.55. The monoisotopic (exact) mass is 533 g/mol. The van der Waals surface area contributed by atoms with E-state index in [0.717, 1.165) is 22.3 Å². The maximum Gasteiger partial charge on any atom is 0.411 e. The van der Waals surface area contributed by atoms with Crippen molar-refractivity contribution >= 4 is 23.6 Å². The van der Waals surface area contributed by atoms with E-state index in [4.69, 9.17) is 4.74 Å². The summed E-state index contributed by atoms with van der Waals surface area (Å²) >= 11 is 0. The van der Waals surface area contributed by atoms with Gasteiger partial charge in [0.25, 0.3) is 0 Å². The Kier molecular flexibility index (Phi) is 8.21. The molecule has 0 aliphatic carbocycles. The van der Waals surface area contributed by atoms with Gasteiger partial charge in [0.1, 0.15) is 0 Å². The minimum Gasteiger partial charge on any atom is -0.438 e. The van der Waals surface area contributed by atoms with Crippen LogP contribution in [0, 0.1) is 6.92 Å². The number of benzene rings is 4. The zero-order valence-electron chi connectivity index (χ0n) is 22.2. The molecule has 1 aliphatic rings. The van der Waals surface area contributed by atoms with Crippen molar-refractivity contribution in [3.05, 3.63) is 137 Å². The summed E-state index contributed by atoms with van der Waals surface area (Å²) in [6, 6.07) is 33.1. The molecule has 5 rings (SSSR count). The maximum absolute atomic E-state index is 13.6. The van der Waals surface area contributed by atoms with Crippen LogP contribution in [0.3, 0.4) is 0 Å². The number of nitrogens with zero attached hydrogens (tertiary/aromatic N) is 1. The van der Waals surface area contributed by atoms with Crippen LogP contribution in [-0.2, 0) is 33.8 Å². The Morgan fingerprint density at radius 1 is 0.800 bits per heavy atom. The number of hydrogen-bond donors (Lipinski definition) is 2. The van der Waals surface area contributed by atoms with E-state index in [0.29, 0.717) is 17.8 Å². The number of hydrogen-bond acceptors (Lipinski definition) is 4. The molecule has 1 heterocycles. The molecular formula is C33H31N3O4. The molecule has 1 aliphatic heterocycles. The number of carbonyl (C=O) groups is 3. The molecule has 202 valence electrons. The predicted octanol–water partition coefficient (Wildman–Crippen LogP) is 5.55. The Morgan fingerprint density at radius 2 is 1.48 bits per heavy atom. The van der Waals surface area contributed by atoms with Crippen molar-refractivity contribution in [2.45, 2.75) is 38.6 Å². The van der Waals surface area contributed by atoms with E-state index < -0.39 is 18.2 Å². The Balaban J connectivity index is 1.37. The highest BCUT2D eigenvalue weighted by molar-refractivity contribution is 5.92. The van der Waals surface area contributed by atoms with Gasteiger partial charge in [0, 0.05) is 12.2 Å². The lowest BCUT2D eigenvalue weighted by atomic mass is 9.99. The number of aryl methyl sites for hydroxylation is 1. The minimum atomic E-state index is -0.896. The number of amides is 3. The van der Waals surface area contributed by atoms with E-state index >= 15 is 0 Å². The predicted molar refractivity (Wildman–Crippen MR) is 153 cm³/mol. The fourth-order valence-electron chi connectivity index (χ4n) is 4.77. The van der Waals surface area contributed by atoms with Crippen molar-refractivity contribution in [1.29, 1.82) is 0 Å². The molecule has 0 radical (unpaired) electrons. The molecular weight excluding hydrogens is 502 g/mol. The second kappa shape index (κ2) is 12.3. The highest BCUT2D eigenvalue weighted by atomic mass is 16.6. The van der Waals surface area contributed by atoms with Gasteiger partial charge >= 0.3 is 6.09 Å². The maximum atomic E-state index is 13.6. The highest BCUT2D eigenvalue weighted by Gasteiger charge is 2.47. The topological polar surface area (TPSA) is 87.7 Å². The van der Waals surface area contributed by atoms with E-state index in [1.54, 1.807) is 24.3 Å². The van der Waals surface area contributed by atoms with Crippen LogP contribution in [0.4, 0.5) is 10.5 Å². The van der Waals surface area contributed by atoms with Crippen LogP contribution in [-0.4, -0.2) is 28.8 Å². The quantitative estimate of drug-likeness (QED) is 0.295. The first-order chi connectivity index (χ1) is 19.5. The van der Waals surface area contributed by atoms with Gasteiger partial charge in [0.05, 0.1) is 13.0 Å². The van der Waals surface area contributed by atoms with Crippen molar-refractivity contribution in [3.8, 4) is 0 Å². The summed E-state index contributed by atoms with van der Waals surface area (Å²) < 4.78 is 5.81. The molecule has 2 atom stereocenters. The van der Waals surface area contributed by atoms with E-state index in [1.165, 1.54) is 4.90 Å². The van der Waals surface area contributed by atoms with Crippen LogP contribution >= 0.6 is 0 Å². The Bertz CT molecular complexity index is 1470. The summed E-state index contributed by atoms with van der Waals surface area (Å²) in [7, 11) is 0. The van der Waals surface area contributed by atoms with Crippen molar-refractivity contribution in [2.75, 3.05) is 5.32 Å². The lowest BCUT2D eigenvalue weighted by Crippen LogP contribution is -2.46. The Labute approximate surface area is 233 Å². The zero-order chi connectivity index (χ0) is 27.9. The smallest absolute Gasteiger partial charge is 0.411 e. The highest BCUT2D eigenvalue weighted by Crippen LogP contribution is 2.35. The molecule has 3 amide bonds. The second-order valence-electron chi connectivity index (χ2n) is 9.90. The van der Waals surface area contributed by atoms with Gasteiger partial charge in [-0.3, -0.25) is 14.5 Å². The summed E-state index contributed by atoms with van der Waals surface area (Å²) in [5, 5.41) is 5.90. The van der Waals surface area contributed by atoms with Gasteiger partial charge in [0.15, 0.2) is 12.1 Å². The number of ether oxygens (including phenoxy) is 1. The zero-order valence-corrected chi connectivity index (χ0v) is 22.2.